The van der Waals surface area contributed by atoms with E-state index in [4.69, 9.17) is 14.2 Å². The van der Waals surface area contributed by atoms with Crippen LogP contribution in [0.3, 0.4) is 0 Å². The molecule has 4 bridgehead atoms. The van der Waals surface area contributed by atoms with E-state index in [0.29, 0.717) is 47.6 Å². The molecule has 2 atom stereocenters. The van der Waals surface area contributed by atoms with Crippen molar-refractivity contribution in [2.75, 3.05) is 33.9 Å². The van der Waals surface area contributed by atoms with Gasteiger partial charge >= 0.3 is 0 Å². The van der Waals surface area contributed by atoms with Crippen LogP contribution in [0.25, 0.3) is 11.1 Å². The van der Waals surface area contributed by atoms with Crippen LogP contribution in [0, 0.1) is 5.92 Å². The summed E-state index contributed by atoms with van der Waals surface area (Å²) in [7, 11) is 3.10. The second-order valence-electron chi connectivity index (χ2n) is 10.0. The van der Waals surface area contributed by atoms with Gasteiger partial charge in [0.15, 0.2) is 11.5 Å². The van der Waals surface area contributed by atoms with Crippen molar-refractivity contribution in [1.29, 1.82) is 0 Å². The molecule has 1 saturated heterocycles. The zero-order chi connectivity index (χ0) is 27.2. The van der Waals surface area contributed by atoms with Gasteiger partial charge in [0.05, 0.1) is 19.8 Å². The fourth-order valence-corrected chi connectivity index (χ4v) is 4.88. The number of hydrogen-bond acceptors (Lipinski definition) is 7. The summed E-state index contributed by atoms with van der Waals surface area (Å²) in [5, 5.41) is 5.77. The first kappa shape index (κ1) is 27.4. The highest BCUT2D eigenvalue weighted by Crippen LogP contribution is 2.39. The second kappa shape index (κ2) is 12.3. The van der Waals surface area contributed by atoms with Crippen LogP contribution in [-0.2, 0) is 20.9 Å². The molecular weight excluding hydrogens is 488 g/mol. The number of nitrogens with one attached hydrogen (secondary N) is 2. The number of benzene rings is 1. The number of carbonyl (C=O) groups excluding carboxylic acids is 3. The highest BCUT2D eigenvalue weighted by Gasteiger charge is 2.30. The van der Waals surface area contributed by atoms with Crippen LogP contribution in [0.5, 0.6) is 11.5 Å². The SMILES string of the molecule is COc1cc2cc(c1OC)-c1cncc(c1)C(=O)N[C@H](CC(C)C)C(=O)NCCN(C(=O)[C@H]1CCCO1)C2. The molecule has 3 amide bonds. The molecule has 1 fully saturated rings. The van der Waals surface area contributed by atoms with E-state index in [2.05, 4.69) is 15.6 Å². The van der Waals surface area contributed by atoms with E-state index >= 15 is 0 Å². The Kier molecular flexibility index (Phi) is 8.83. The van der Waals surface area contributed by atoms with E-state index in [1.165, 1.54) is 6.20 Å². The van der Waals surface area contributed by atoms with Crippen LogP contribution >= 0.6 is 0 Å². The largest absolute Gasteiger partial charge is 0.493 e. The molecule has 4 rings (SSSR count). The van der Waals surface area contributed by atoms with E-state index < -0.39 is 18.1 Å². The molecule has 1 aromatic heterocycles. The molecule has 2 aliphatic heterocycles. The van der Waals surface area contributed by atoms with E-state index in [1.54, 1.807) is 31.4 Å². The number of hydrogen-bond donors (Lipinski definition) is 2. The van der Waals surface area contributed by atoms with Gasteiger partial charge in [-0.2, -0.15) is 0 Å². The first-order valence-corrected chi connectivity index (χ1v) is 13.0. The average molecular weight is 525 g/mol. The first-order chi connectivity index (χ1) is 18.3. The van der Waals surface area contributed by atoms with Gasteiger partial charge in [-0.25, -0.2) is 0 Å². The number of aromatic nitrogens is 1. The number of pyridine rings is 1. The lowest BCUT2D eigenvalue weighted by atomic mass is 10.00. The molecule has 0 radical (unpaired) electrons. The van der Waals surface area contributed by atoms with Crippen molar-refractivity contribution in [2.24, 2.45) is 5.92 Å². The molecule has 2 aromatic rings. The van der Waals surface area contributed by atoms with E-state index in [1.807, 2.05) is 26.0 Å². The molecule has 3 heterocycles. The summed E-state index contributed by atoms with van der Waals surface area (Å²) < 4.78 is 17.0. The van der Waals surface area contributed by atoms with Gasteiger partial charge < -0.3 is 29.7 Å². The Balaban J connectivity index is 1.80. The Bertz CT molecular complexity index is 1180. The predicted molar refractivity (Wildman–Crippen MR) is 141 cm³/mol. The van der Waals surface area contributed by atoms with Crippen molar-refractivity contribution in [3.63, 3.8) is 0 Å². The molecule has 2 N–H and O–H groups in total. The second-order valence-corrected chi connectivity index (χ2v) is 10.0. The van der Waals surface area contributed by atoms with Crippen LogP contribution in [-0.4, -0.2) is 73.7 Å². The summed E-state index contributed by atoms with van der Waals surface area (Å²) in [4.78, 5) is 45.7. The summed E-state index contributed by atoms with van der Waals surface area (Å²) >= 11 is 0. The smallest absolute Gasteiger partial charge is 0.253 e. The van der Waals surface area contributed by atoms with Crippen molar-refractivity contribution in [3.05, 3.63) is 41.7 Å². The molecule has 0 aliphatic carbocycles. The molecule has 0 unspecified atom stereocenters. The third-order valence-electron chi connectivity index (χ3n) is 6.75. The van der Waals surface area contributed by atoms with Gasteiger partial charge in [-0.15, -0.1) is 0 Å². The number of amides is 3. The van der Waals surface area contributed by atoms with Crippen molar-refractivity contribution < 1.29 is 28.6 Å². The van der Waals surface area contributed by atoms with Crippen molar-refractivity contribution >= 4 is 17.7 Å². The van der Waals surface area contributed by atoms with Gasteiger partial charge in [0, 0.05) is 49.8 Å². The standard InChI is InChI=1S/C28H36N4O6/c1-17(2)10-22-27(34)30-7-8-32(28(35)23-6-5-9-38-23)16-18-11-21(25(37-4)24(12-18)36-3)19-13-20(15-29-14-19)26(33)31-22/h11-15,17,22-23H,5-10,16H2,1-4H3,(H,30,34)(H,31,33)/t22-,23-/m1/s1. The quantitative estimate of drug-likeness (QED) is 0.617. The number of methoxy groups -OCH3 is 2. The fourth-order valence-electron chi connectivity index (χ4n) is 4.88. The van der Waals surface area contributed by atoms with Gasteiger partial charge in [-0.1, -0.05) is 13.8 Å². The highest BCUT2D eigenvalue weighted by atomic mass is 16.5. The molecule has 10 heteroatoms. The maximum atomic E-state index is 13.4. The molecule has 0 saturated carbocycles. The maximum absolute atomic E-state index is 13.4. The average Bonchev–Trinajstić information content (AvgIpc) is 3.45. The number of fused-ring (bicyclic) bond motifs is 5. The van der Waals surface area contributed by atoms with Gasteiger partial charge in [-0.05, 0) is 48.9 Å². The van der Waals surface area contributed by atoms with Crippen LogP contribution in [0.15, 0.2) is 30.6 Å². The molecule has 204 valence electrons. The Labute approximate surface area is 223 Å². The van der Waals surface area contributed by atoms with Gasteiger partial charge in [0.1, 0.15) is 12.1 Å². The molecule has 1 aromatic carbocycles. The van der Waals surface area contributed by atoms with Gasteiger partial charge in [-0.3, -0.25) is 19.4 Å². The summed E-state index contributed by atoms with van der Waals surface area (Å²) in [5.74, 6) is 0.355. The highest BCUT2D eigenvalue weighted by molar-refractivity contribution is 5.98. The minimum absolute atomic E-state index is 0.118. The van der Waals surface area contributed by atoms with E-state index in [0.717, 1.165) is 12.0 Å². The zero-order valence-corrected chi connectivity index (χ0v) is 22.4. The summed E-state index contributed by atoms with van der Waals surface area (Å²) in [6.45, 7) is 5.34. The maximum Gasteiger partial charge on any atom is 0.253 e. The lowest BCUT2D eigenvalue weighted by molar-refractivity contribution is -0.141. The van der Waals surface area contributed by atoms with E-state index in [9.17, 15) is 14.4 Å². The number of rotatable bonds is 5. The van der Waals surface area contributed by atoms with Crippen LogP contribution < -0.4 is 20.1 Å². The van der Waals surface area contributed by atoms with Crippen molar-refractivity contribution in [2.45, 2.75) is 51.8 Å². The summed E-state index contributed by atoms with van der Waals surface area (Å²) in [6, 6.07) is 4.73. The topological polar surface area (TPSA) is 119 Å². The molecule has 2 aliphatic rings. The third kappa shape index (κ3) is 6.24. The molecule has 0 spiro atoms. The van der Waals surface area contributed by atoms with Crippen LogP contribution in [0.1, 0.15) is 49.0 Å². The summed E-state index contributed by atoms with van der Waals surface area (Å²) in [6.07, 6.45) is 4.58. The zero-order valence-electron chi connectivity index (χ0n) is 22.4. The van der Waals surface area contributed by atoms with Gasteiger partial charge in [0.2, 0.25) is 5.91 Å². The Morgan fingerprint density at radius 1 is 1.16 bits per heavy atom. The van der Waals surface area contributed by atoms with Crippen LogP contribution in [0.2, 0.25) is 0 Å². The Hall–Kier alpha value is -3.66. The monoisotopic (exact) mass is 524 g/mol. The fraction of sp³-hybridized carbons (Fsp3) is 0.500. The van der Waals surface area contributed by atoms with Gasteiger partial charge in [0.25, 0.3) is 11.8 Å². The Morgan fingerprint density at radius 2 is 1.95 bits per heavy atom. The molecule has 10 nitrogen and oxygen atoms in total. The third-order valence-corrected chi connectivity index (χ3v) is 6.75. The minimum atomic E-state index is -0.728. The molecule has 38 heavy (non-hydrogen) atoms. The normalized spacial score (nSPS) is 20.3. The van der Waals surface area contributed by atoms with Crippen LogP contribution in [0.4, 0.5) is 0 Å². The predicted octanol–water partition coefficient (Wildman–Crippen LogP) is 2.55. The first-order valence-electron chi connectivity index (χ1n) is 13.0. The van der Waals surface area contributed by atoms with Crippen molar-refractivity contribution in [1.82, 2.24) is 20.5 Å². The number of carbonyl (C=O) groups is 3. The van der Waals surface area contributed by atoms with E-state index in [-0.39, 0.29) is 37.4 Å². The number of ether oxygens (including phenoxy) is 3. The summed E-state index contributed by atoms with van der Waals surface area (Å²) in [5.41, 5.74) is 2.45. The lowest BCUT2D eigenvalue weighted by Crippen LogP contribution is -2.49. The van der Waals surface area contributed by atoms with Crippen molar-refractivity contribution in [3.8, 4) is 22.6 Å². The molecular formula is C28H36N4O6. The minimum Gasteiger partial charge on any atom is -0.493 e. The number of nitrogens with zero attached hydrogens (tertiary/aromatic N) is 2. The lowest BCUT2D eigenvalue weighted by Gasteiger charge is -2.27. The Morgan fingerprint density at radius 3 is 2.63 bits per heavy atom.